The topological polar surface area (TPSA) is 150 Å². The Labute approximate surface area is 181 Å². The van der Waals surface area contributed by atoms with E-state index in [-0.39, 0.29) is 6.42 Å². The predicted octanol–water partition coefficient (Wildman–Crippen LogP) is -0.172. The lowest BCUT2D eigenvalue weighted by molar-refractivity contribution is -0.217. The highest BCUT2D eigenvalue weighted by Crippen LogP contribution is 2.75. The van der Waals surface area contributed by atoms with Crippen LogP contribution in [0.3, 0.4) is 0 Å². The third-order valence-electron chi connectivity index (χ3n) is 8.67. The van der Waals surface area contributed by atoms with Gasteiger partial charge in [0.1, 0.15) is 11.6 Å². The Balaban J connectivity index is 1.94. The van der Waals surface area contributed by atoms with Crippen LogP contribution in [0.4, 0.5) is 0 Å². The zero-order valence-electron chi connectivity index (χ0n) is 18.6. The number of aliphatic hydroxyl groups excluding tert-OH is 2. The van der Waals surface area contributed by atoms with Crippen LogP contribution in [0.1, 0.15) is 41.0 Å². The van der Waals surface area contributed by atoms with Gasteiger partial charge in [0.15, 0.2) is 5.60 Å². The number of Topliss-reactive ketones (excluding diaryl/α,β-unsaturated/α-hetero) is 1. The van der Waals surface area contributed by atoms with Gasteiger partial charge < -0.3 is 30.9 Å². The second kappa shape index (κ2) is 6.48. The molecular weight excluding hydrogens is 402 g/mol. The third-order valence-corrected chi connectivity index (χ3v) is 8.67. The molecular formula is C23H33NO7. The molecule has 0 aliphatic heterocycles. The van der Waals surface area contributed by atoms with Crippen molar-refractivity contribution in [1.29, 1.82) is 0 Å². The van der Waals surface area contributed by atoms with Crippen molar-refractivity contribution in [2.24, 2.45) is 34.8 Å². The highest BCUT2D eigenvalue weighted by atomic mass is 16.6. The Bertz CT molecular complexity index is 908. The molecule has 4 rings (SSSR count). The molecule has 2 fully saturated rings. The summed E-state index contributed by atoms with van der Waals surface area (Å²) in [5, 5.41) is 44.8. The number of nitrogens with two attached hydrogens (primary N) is 1. The number of carbonyl (C=O) groups excluding carboxylic acids is 2. The minimum atomic E-state index is -1.77. The molecule has 0 radical (unpaired) electrons. The molecule has 0 aromatic rings. The summed E-state index contributed by atoms with van der Waals surface area (Å²) in [7, 11) is 0. The highest BCUT2D eigenvalue weighted by Gasteiger charge is 2.84. The summed E-state index contributed by atoms with van der Waals surface area (Å²) in [5.41, 5.74) is 0.923. The van der Waals surface area contributed by atoms with Gasteiger partial charge in [0.25, 0.3) is 0 Å². The van der Waals surface area contributed by atoms with Crippen molar-refractivity contribution < 1.29 is 34.8 Å². The number of fused-ring (bicyclic) bond motifs is 5. The van der Waals surface area contributed by atoms with Crippen LogP contribution < -0.4 is 5.73 Å². The normalized spacial score (nSPS) is 48.5. The van der Waals surface area contributed by atoms with E-state index in [1.54, 1.807) is 26.0 Å². The van der Waals surface area contributed by atoms with Gasteiger partial charge in [-0.1, -0.05) is 32.9 Å². The van der Waals surface area contributed by atoms with Gasteiger partial charge in [0.05, 0.1) is 24.2 Å². The van der Waals surface area contributed by atoms with Crippen LogP contribution in [0.2, 0.25) is 0 Å². The molecule has 0 heterocycles. The van der Waals surface area contributed by atoms with E-state index in [4.69, 9.17) is 10.5 Å². The van der Waals surface area contributed by atoms with E-state index in [2.05, 4.69) is 0 Å². The highest BCUT2D eigenvalue weighted by molar-refractivity contribution is 6.06. The van der Waals surface area contributed by atoms with Crippen LogP contribution in [0, 0.1) is 29.1 Å². The number of hydrogen-bond donors (Lipinski definition) is 5. The SMILES string of the molecule is CC1=C[C@H]2[C@@]3(O)[C@H](C)[C@@H](O)[C@]4(O)[C@@H]([C@@H]3C=C(CO)C[C@@]2(OC(=O)[C@H](C)N)C1=O)C4(C)C. The first-order valence-electron chi connectivity index (χ1n) is 10.9. The molecule has 2 saturated carbocycles. The van der Waals surface area contributed by atoms with Crippen LogP contribution in [0.15, 0.2) is 23.3 Å². The number of rotatable bonds is 3. The Morgan fingerprint density at radius 1 is 1.32 bits per heavy atom. The molecule has 8 nitrogen and oxygen atoms in total. The molecule has 8 heteroatoms. The second-order valence-electron chi connectivity index (χ2n) is 10.6. The van der Waals surface area contributed by atoms with Gasteiger partial charge in [-0.3, -0.25) is 9.59 Å². The first-order valence-corrected chi connectivity index (χ1v) is 10.9. The van der Waals surface area contributed by atoms with Gasteiger partial charge in [0, 0.05) is 29.6 Å². The minimum Gasteiger partial charge on any atom is -0.448 e. The molecule has 172 valence electrons. The van der Waals surface area contributed by atoms with Crippen LogP contribution in [-0.2, 0) is 14.3 Å². The molecule has 0 aromatic heterocycles. The molecule has 6 N–H and O–H groups in total. The van der Waals surface area contributed by atoms with Gasteiger partial charge in [0.2, 0.25) is 5.78 Å². The van der Waals surface area contributed by atoms with Crippen molar-refractivity contribution in [1.82, 2.24) is 0 Å². The maximum atomic E-state index is 13.4. The molecule has 4 aliphatic rings. The number of aliphatic hydroxyl groups is 4. The molecule has 0 amide bonds. The summed E-state index contributed by atoms with van der Waals surface area (Å²) >= 11 is 0. The Morgan fingerprint density at radius 3 is 2.48 bits per heavy atom. The van der Waals surface area contributed by atoms with E-state index < -0.39 is 76.4 Å². The second-order valence-corrected chi connectivity index (χ2v) is 10.6. The molecule has 0 saturated heterocycles. The monoisotopic (exact) mass is 435 g/mol. The third kappa shape index (κ3) is 2.48. The first-order chi connectivity index (χ1) is 14.2. The van der Waals surface area contributed by atoms with Crippen LogP contribution in [-0.4, -0.2) is 67.7 Å². The first kappa shape index (κ1) is 22.6. The maximum absolute atomic E-state index is 13.4. The largest absolute Gasteiger partial charge is 0.448 e. The maximum Gasteiger partial charge on any atom is 0.323 e. The zero-order valence-corrected chi connectivity index (χ0v) is 18.6. The van der Waals surface area contributed by atoms with Crippen molar-refractivity contribution in [2.45, 2.75) is 70.0 Å². The van der Waals surface area contributed by atoms with Gasteiger partial charge in [-0.05, 0) is 25.0 Å². The number of carbonyl (C=O) groups is 2. The number of ketones is 1. The molecule has 0 aromatic carbocycles. The standard InChI is InChI=1S/C23H33NO7/c1-10-6-15-21(17(10)26,31-19(28)12(3)24)8-13(9-25)7-14-16-20(4,5)23(16,30)18(27)11(2)22(14,15)29/h6-7,11-12,14-16,18,25,27,29-30H,8-9,24H2,1-5H3/t11-,12+,14+,15-,16+,18-,21+,22-,23-/m1/s1. The average molecular weight is 436 g/mol. The summed E-state index contributed by atoms with van der Waals surface area (Å²) in [4.78, 5) is 26.0. The molecule has 0 unspecified atom stereocenters. The number of hydrogen-bond acceptors (Lipinski definition) is 8. The lowest BCUT2D eigenvalue weighted by atomic mass is 9.59. The van der Waals surface area contributed by atoms with E-state index in [9.17, 15) is 30.0 Å². The lowest BCUT2D eigenvalue weighted by Gasteiger charge is -2.52. The zero-order chi connectivity index (χ0) is 23.3. The summed E-state index contributed by atoms with van der Waals surface area (Å²) < 4.78 is 5.76. The smallest absolute Gasteiger partial charge is 0.323 e. The minimum absolute atomic E-state index is 0.0908. The Hall–Kier alpha value is -1.58. The van der Waals surface area contributed by atoms with Crippen LogP contribution in [0.5, 0.6) is 0 Å². The fourth-order valence-electron chi connectivity index (χ4n) is 6.84. The van der Waals surface area contributed by atoms with E-state index >= 15 is 0 Å². The Morgan fingerprint density at radius 2 is 1.94 bits per heavy atom. The average Bonchev–Trinajstić information content (AvgIpc) is 3.09. The van der Waals surface area contributed by atoms with Crippen molar-refractivity contribution >= 4 is 11.8 Å². The predicted molar refractivity (Wildman–Crippen MR) is 110 cm³/mol. The van der Waals surface area contributed by atoms with Gasteiger partial charge in [-0.25, -0.2) is 0 Å². The number of ether oxygens (including phenoxy) is 1. The quantitative estimate of drug-likeness (QED) is 0.303. The van der Waals surface area contributed by atoms with Crippen molar-refractivity contribution in [3.8, 4) is 0 Å². The molecule has 0 spiro atoms. The summed E-state index contributed by atoms with van der Waals surface area (Å²) in [6, 6.07) is -0.985. The van der Waals surface area contributed by atoms with Crippen LogP contribution in [0.25, 0.3) is 0 Å². The Kier molecular flexibility index (Phi) is 4.73. The summed E-state index contributed by atoms with van der Waals surface area (Å²) in [6.45, 7) is 7.96. The van der Waals surface area contributed by atoms with Crippen LogP contribution >= 0.6 is 0 Å². The van der Waals surface area contributed by atoms with Crippen molar-refractivity contribution in [3.05, 3.63) is 23.3 Å². The fourth-order valence-corrected chi connectivity index (χ4v) is 6.84. The van der Waals surface area contributed by atoms with E-state index in [0.29, 0.717) is 11.1 Å². The van der Waals surface area contributed by atoms with E-state index in [1.807, 2.05) is 13.8 Å². The van der Waals surface area contributed by atoms with Gasteiger partial charge in [-0.15, -0.1) is 0 Å². The summed E-state index contributed by atoms with van der Waals surface area (Å²) in [5.74, 6) is -4.20. The van der Waals surface area contributed by atoms with E-state index in [1.165, 1.54) is 6.92 Å². The van der Waals surface area contributed by atoms with E-state index in [0.717, 1.165) is 0 Å². The molecule has 0 bridgehead atoms. The summed E-state index contributed by atoms with van der Waals surface area (Å²) in [6.07, 6.45) is 1.99. The lowest BCUT2D eigenvalue weighted by Crippen LogP contribution is -2.66. The fraction of sp³-hybridized carbons (Fsp3) is 0.739. The molecule has 9 atom stereocenters. The van der Waals surface area contributed by atoms with Gasteiger partial charge >= 0.3 is 5.97 Å². The molecule has 4 aliphatic carbocycles. The number of esters is 1. The van der Waals surface area contributed by atoms with Crippen molar-refractivity contribution in [3.63, 3.8) is 0 Å². The van der Waals surface area contributed by atoms with Gasteiger partial charge in [-0.2, -0.15) is 0 Å². The van der Waals surface area contributed by atoms with Crippen molar-refractivity contribution in [2.75, 3.05) is 6.61 Å². The molecule has 31 heavy (non-hydrogen) atoms.